The van der Waals surface area contributed by atoms with Crippen LogP contribution >= 0.6 is 12.4 Å². The molecule has 2 heterocycles. The molecule has 0 radical (unpaired) electrons. The highest BCUT2D eigenvalue weighted by Crippen LogP contribution is 2.22. The summed E-state index contributed by atoms with van der Waals surface area (Å²) in [6, 6.07) is -0.0639. The molecule has 2 N–H and O–H groups in total. The minimum Gasteiger partial charge on any atom is -0.315 e. The molecule has 1 aliphatic rings. The van der Waals surface area contributed by atoms with Gasteiger partial charge in [0.15, 0.2) is 0 Å². The normalized spacial score (nSPS) is 22.2. The van der Waals surface area contributed by atoms with Crippen LogP contribution in [0.3, 0.4) is 0 Å². The number of nitrogens with zero attached hydrogens (tertiary/aromatic N) is 2. The van der Waals surface area contributed by atoms with Gasteiger partial charge in [0.2, 0.25) is 10.0 Å². The molecule has 2 unspecified atom stereocenters. The first kappa shape index (κ1) is 20.4. The Kier molecular flexibility index (Phi) is 7.07. The number of hydrogen-bond acceptors (Lipinski definition) is 4. The number of nitrogens with one attached hydrogen (secondary N) is 2. The summed E-state index contributed by atoms with van der Waals surface area (Å²) in [5.74, 6) is 0.756. The number of sulfonamides is 1. The van der Waals surface area contributed by atoms with Crippen LogP contribution in [0.4, 0.5) is 0 Å². The van der Waals surface area contributed by atoms with E-state index in [4.69, 9.17) is 0 Å². The van der Waals surface area contributed by atoms with Gasteiger partial charge in [0.1, 0.15) is 4.90 Å². The Morgan fingerprint density at radius 2 is 2.04 bits per heavy atom. The van der Waals surface area contributed by atoms with Gasteiger partial charge in [-0.2, -0.15) is 5.10 Å². The quantitative estimate of drug-likeness (QED) is 0.836. The highest BCUT2D eigenvalue weighted by atomic mass is 35.5. The summed E-state index contributed by atoms with van der Waals surface area (Å²) in [6.07, 6.45) is 0.984. The first-order chi connectivity index (χ1) is 10.2. The lowest BCUT2D eigenvalue weighted by molar-refractivity contribution is 0.327. The lowest BCUT2D eigenvalue weighted by atomic mass is 9.96. The molecular weight excluding hydrogens is 336 g/mol. The molecule has 1 aliphatic heterocycles. The minimum absolute atomic E-state index is 0. The number of aryl methyl sites for hydroxylation is 1. The molecule has 0 amide bonds. The van der Waals surface area contributed by atoms with Crippen molar-refractivity contribution in [3.63, 3.8) is 0 Å². The van der Waals surface area contributed by atoms with Crippen molar-refractivity contribution in [3.05, 3.63) is 11.4 Å². The number of rotatable bonds is 5. The molecule has 0 bridgehead atoms. The molecule has 6 nitrogen and oxygen atoms in total. The van der Waals surface area contributed by atoms with Gasteiger partial charge in [0.25, 0.3) is 0 Å². The summed E-state index contributed by atoms with van der Waals surface area (Å²) < 4.78 is 30.3. The van der Waals surface area contributed by atoms with Crippen molar-refractivity contribution >= 4 is 22.4 Å². The second kappa shape index (κ2) is 7.96. The second-order valence-electron chi connectivity index (χ2n) is 6.77. The van der Waals surface area contributed by atoms with Crippen LogP contribution in [0.1, 0.15) is 38.6 Å². The van der Waals surface area contributed by atoms with Gasteiger partial charge in [0, 0.05) is 19.1 Å². The summed E-state index contributed by atoms with van der Waals surface area (Å²) >= 11 is 0. The fraction of sp³-hybridized carbons (Fsp3) is 0.800. The fourth-order valence-electron chi connectivity index (χ4n) is 3.00. The molecule has 8 heteroatoms. The molecule has 0 saturated carbocycles. The van der Waals surface area contributed by atoms with Crippen LogP contribution in [0.2, 0.25) is 0 Å². The van der Waals surface area contributed by atoms with E-state index in [1.807, 2.05) is 6.92 Å². The van der Waals surface area contributed by atoms with Crippen LogP contribution in [0.15, 0.2) is 4.90 Å². The van der Waals surface area contributed by atoms with Gasteiger partial charge >= 0.3 is 0 Å². The van der Waals surface area contributed by atoms with Gasteiger partial charge in [-0.3, -0.25) is 4.68 Å². The minimum atomic E-state index is -3.54. The summed E-state index contributed by atoms with van der Waals surface area (Å²) in [6.45, 7) is 12.2. The van der Waals surface area contributed by atoms with Crippen LogP contribution in [0.25, 0.3) is 0 Å². The van der Waals surface area contributed by atoms with E-state index < -0.39 is 10.0 Å². The third-order valence-electron chi connectivity index (χ3n) is 4.26. The van der Waals surface area contributed by atoms with Crippen molar-refractivity contribution in [1.82, 2.24) is 19.8 Å². The largest absolute Gasteiger partial charge is 0.315 e. The molecule has 2 rings (SSSR count). The topological polar surface area (TPSA) is 76.0 Å². The predicted octanol–water partition coefficient (Wildman–Crippen LogP) is 1.85. The molecule has 0 aliphatic carbocycles. The molecule has 1 fully saturated rings. The lowest BCUT2D eigenvalue weighted by Crippen LogP contribution is -2.50. The van der Waals surface area contributed by atoms with Crippen LogP contribution < -0.4 is 10.0 Å². The Morgan fingerprint density at radius 1 is 1.39 bits per heavy atom. The van der Waals surface area contributed by atoms with Crippen LogP contribution in [-0.4, -0.2) is 37.3 Å². The van der Waals surface area contributed by atoms with E-state index in [9.17, 15) is 8.42 Å². The Hall–Kier alpha value is -0.630. The summed E-state index contributed by atoms with van der Waals surface area (Å²) in [7, 11) is -3.54. The first-order valence-corrected chi connectivity index (χ1v) is 9.47. The second-order valence-corrected chi connectivity index (χ2v) is 8.42. The zero-order chi connectivity index (χ0) is 16.5. The summed E-state index contributed by atoms with van der Waals surface area (Å²) in [5, 5.41) is 7.66. The zero-order valence-electron chi connectivity index (χ0n) is 14.6. The zero-order valence-corrected chi connectivity index (χ0v) is 16.2. The Balaban J connectivity index is 0.00000264. The van der Waals surface area contributed by atoms with E-state index >= 15 is 0 Å². The van der Waals surface area contributed by atoms with Crippen LogP contribution in [0, 0.1) is 25.7 Å². The van der Waals surface area contributed by atoms with Gasteiger partial charge in [-0.1, -0.05) is 20.8 Å². The van der Waals surface area contributed by atoms with Gasteiger partial charge in [0.05, 0.1) is 11.4 Å². The highest BCUT2D eigenvalue weighted by molar-refractivity contribution is 7.89. The van der Waals surface area contributed by atoms with Crippen molar-refractivity contribution < 1.29 is 8.42 Å². The van der Waals surface area contributed by atoms with Gasteiger partial charge in [-0.25, -0.2) is 13.1 Å². The molecule has 0 spiro atoms. The number of hydrogen-bond donors (Lipinski definition) is 2. The summed E-state index contributed by atoms with van der Waals surface area (Å²) in [5.41, 5.74) is 1.29. The smallest absolute Gasteiger partial charge is 0.244 e. The van der Waals surface area contributed by atoms with Crippen molar-refractivity contribution in [2.75, 3.05) is 13.1 Å². The van der Waals surface area contributed by atoms with E-state index in [1.54, 1.807) is 11.6 Å². The third-order valence-corrected chi connectivity index (χ3v) is 6.00. The van der Waals surface area contributed by atoms with Crippen molar-refractivity contribution in [3.8, 4) is 0 Å². The maximum absolute atomic E-state index is 12.8. The standard InChI is InChI=1S/C15H28N4O2S.ClH/c1-10(2)9-19-13(5)15(12(4)17-19)22(20,21)18-14-8-16-7-6-11(14)3;/h10-11,14,16,18H,6-9H2,1-5H3;1H. The molecule has 134 valence electrons. The predicted molar refractivity (Wildman–Crippen MR) is 94.5 cm³/mol. The average Bonchev–Trinajstić information content (AvgIpc) is 2.66. The van der Waals surface area contributed by atoms with Crippen LogP contribution in [0.5, 0.6) is 0 Å². The van der Waals surface area contributed by atoms with Gasteiger partial charge in [-0.15, -0.1) is 12.4 Å². The number of aromatic nitrogens is 2. The van der Waals surface area contributed by atoms with Gasteiger partial charge in [-0.05, 0) is 38.6 Å². The van der Waals surface area contributed by atoms with Crippen molar-refractivity contribution in [2.24, 2.45) is 11.8 Å². The van der Waals surface area contributed by atoms with Crippen LogP contribution in [-0.2, 0) is 16.6 Å². The van der Waals surface area contributed by atoms with Crippen molar-refractivity contribution in [1.29, 1.82) is 0 Å². The van der Waals surface area contributed by atoms with E-state index in [0.29, 0.717) is 29.0 Å². The Morgan fingerprint density at radius 3 is 2.61 bits per heavy atom. The monoisotopic (exact) mass is 364 g/mol. The number of piperidine rings is 1. The number of halogens is 1. The average molecular weight is 365 g/mol. The summed E-state index contributed by atoms with van der Waals surface area (Å²) in [4.78, 5) is 0.339. The molecule has 23 heavy (non-hydrogen) atoms. The molecule has 1 saturated heterocycles. The Labute approximate surface area is 145 Å². The van der Waals surface area contributed by atoms with E-state index in [0.717, 1.165) is 25.2 Å². The molecule has 0 aromatic carbocycles. The highest BCUT2D eigenvalue weighted by Gasteiger charge is 2.30. The Bertz CT molecular complexity index is 628. The molecule has 2 atom stereocenters. The van der Waals surface area contributed by atoms with E-state index in [2.05, 4.69) is 35.9 Å². The maximum atomic E-state index is 12.8. The molecule has 1 aromatic rings. The SMILES string of the molecule is Cc1nn(CC(C)C)c(C)c1S(=O)(=O)NC1CNCCC1C.Cl. The first-order valence-electron chi connectivity index (χ1n) is 7.99. The van der Waals surface area contributed by atoms with Gasteiger partial charge < -0.3 is 5.32 Å². The maximum Gasteiger partial charge on any atom is 0.244 e. The molecular formula is C15H29ClN4O2S. The lowest BCUT2D eigenvalue weighted by Gasteiger charge is -2.30. The van der Waals surface area contributed by atoms with Crippen molar-refractivity contribution in [2.45, 2.75) is 58.5 Å². The van der Waals surface area contributed by atoms with E-state index in [1.165, 1.54) is 0 Å². The molecule has 1 aromatic heterocycles. The third kappa shape index (κ3) is 4.68. The van der Waals surface area contributed by atoms with E-state index in [-0.39, 0.29) is 18.4 Å². The fourth-order valence-corrected chi connectivity index (χ4v) is 4.75.